The predicted octanol–water partition coefficient (Wildman–Crippen LogP) is 3.80. The molecule has 0 saturated heterocycles. The second-order valence-electron chi connectivity index (χ2n) is 5.84. The van der Waals surface area contributed by atoms with Crippen LogP contribution in [0, 0.1) is 6.92 Å². The Kier molecular flexibility index (Phi) is 6.54. The number of esters is 1. The molecule has 0 fully saturated rings. The van der Waals surface area contributed by atoms with Gasteiger partial charge in [0.1, 0.15) is 16.4 Å². The largest absolute Gasteiger partial charge is 0.484 e. The minimum absolute atomic E-state index is 0.140. The van der Waals surface area contributed by atoms with Crippen LogP contribution in [0.15, 0.2) is 71.1 Å². The van der Waals surface area contributed by atoms with Gasteiger partial charge in [0.05, 0.1) is 6.21 Å². The summed E-state index contributed by atoms with van der Waals surface area (Å²) < 4.78 is 10.7. The Hall–Kier alpha value is -3.45. The van der Waals surface area contributed by atoms with Crippen LogP contribution in [0.3, 0.4) is 0 Å². The Balaban J connectivity index is 1.50. The molecule has 1 N–H and O–H groups in total. The summed E-state index contributed by atoms with van der Waals surface area (Å²) in [4.78, 5) is 24.3. The smallest absolute Gasteiger partial charge is 0.353 e. The quantitative estimate of drug-likeness (QED) is 0.286. The summed E-state index contributed by atoms with van der Waals surface area (Å²) in [5.41, 5.74) is 4.13. The van der Waals surface area contributed by atoms with Crippen LogP contribution in [0.5, 0.6) is 11.5 Å². The van der Waals surface area contributed by atoms with Crippen LogP contribution in [0.2, 0.25) is 0 Å². The monoisotopic (exact) mass is 394 g/mol. The fraction of sp³-hybridized carbons (Fsp3) is 0.0952. The third-order valence-corrected chi connectivity index (χ3v) is 4.40. The minimum atomic E-state index is -0.411. The Bertz CT molecular complexity index is 984. The maximum atomic E-state index is 12.0. The average molecular weight is 394 g/mol. The Morgan fingerprint density at radius 3 is 2.68 bits per heavy atom. The summed E-state index contributed by atoms with van der Waals surface area (Å²) in [7, 11) is 0. The molecular weight excluding hydrogens is 376 g/mol. The third-order valence-electron chi connectivity index (χ3n) is 3.55. The second kappa shape index (κ2) is 9.48. The minimum Gasteiger partial charge on any atom is -0.484 e. The summed E-state index contributed by atoms with van der Waals surface area (Å²) >= 11 is 1.32. The lowest BCUT2D eigenvalue weighted by molar-refractivity contribution is -0.123. The summed E-state index contributed by atoms with van der Waals surface area (Å²) in [5, 5.41) is 5.71. The van der Waals surface area contributed by atoms with Gasteiger partial charge in [-0.05, 0) is 53.8 Å². The molecular formula is C21H18N2O4S. The van der Waals surface area contributed by atoms with Gasteiger partial charge in [0.25, 0.3) is 5.91 Å². The zero-order valence-corrected chi connectivity index (χ0v) is 15.9. The van der Waals surface area contributed by atoms with Gasteiger partial charge in [0.15, 0.2) is 6.61 Å². The zero-order valence-electron chi connectivity index (χ0n) is 15.1. The lowest BCUT2D eigenvalue weighted by Gasteiger charge is -2.05. The van der Waals surface area contributed by atoms with Crippen molar-refractivity contribution in [1.82, 2.24) is 5.43 Å². The van der Waals surface area contributed by atoms with E-state index in [0.29, 0.717) is 21.9 Å². The molecule has 1 heterocycles. The van der Waals surface area contributed by atoms with E-state index < -0.39 is 5.97 Å². The molecule has 0 aliphatic carbocycles. The fourth-order valence-electron chi connectivity index (χ4n) is 2.28. The van der Waals surface area contributed by atoms with Gasteiger partial charge in [0, 0.05) is 0 Å². The highest BCUT2D eigenvalue weighted by molar-refractivity contribution is 7.12. The number of carbonyl (C=O) groups is 2. The molecule has 0 radical (unpaired) electrons. The number of nitrogens with zero attached hydrogens (tertiary/aromatic N) is 1. The van der Waals surface area contributed by atoms with Crippen LogP contribution in [0.4, 0.5) is 0 Å². The number of benzene rings is 2. The lowest BCUT2D eigenvalue weighted by atomic mass is 10.2. The molecule has 7 heteroatoms. The van der Waals surface area contributed by atoms with Crippen molar-refractivity contribution in [2.24, 2.45) is 5.10 Å². The van der Waals surface area contributed by atoms with Gasteiger partial charge < -0.3 is 9.47 Å². The van der Waals surface area contributed by atoms with Crippen LogP contribution in [0.25, 0.3) is 0 Å². The highest BCUT2D eigenvalue weighted by atomic mass is 32.1. The van der Waals surface area contributed by atoms with Crippen molar-refractivity contribution in [2.45, 2.75) is 6.92 Å². The van der Waals surface area contributed by atoms with E-state index in [1.165, 1.54) is 17.6 Å². The van der Waals surface area contributed by atoms with Crippen molar-refractivity contribution >= 4 is 29.4 Å². The molecule has 0 spiro atoms. The molecule has 3 aromatic rings. The average Bonchev–Trinajstić information content (AvgIpc) is 3.22. The van der Waals surface area contributed by atoms with E-state index in [4.69, 9.17) is 9.47 Å². The standard InChI is InChI=1S/C21H18N2O4S/c1-15-5-2-7-17(11-15)26-14-20(24)23-22-13-16-6-3-8-18(12-16)27-21(25)19-9-4-10-28-19/h2-13H,14H2,1H3,(H,23,24). The van der Waals surface area contributed by atoms with E-state index in [2.05, 4.69) is 10.5 Å². The van der Waals surface area contributed by atoms with Gasteiger partial charge in [-0.2, -0.15) is 5.10 Å². The van der Waals surface area contributed by atoms with Crippen LogP contribution in [-0.4, -0.2) is 24.7 Å². The van der Waals surface area contributed by atoms with Crippen LogP contribution in [0.1, 0.15) is 20.8 Å². The first-order valence-corrected chi connectivity index (χ1v) is 9.35. The van der Waals surface area contributed by atoms with E-state index >= 15 is 0 Å². The van der Waals surface area contributed by atoms with E-state index in [-0.39, 0.29) is 12.5 Å². The van der Waals surface area contributed by atoms with Crippen molar-refractivity contribution in [3.05, 3.63) is 82.0 Å². The first-order valence-electron chi connectivity index (χ1n) is 8.47. The predicted molar refractivity (Wildman–Crippen MR) is 108 cm³/mol. The van der Waals surface area contributed by atoms with Crippen LogP contribution >= 0.6 is 11.3 Å². The second-order valence-corrected chi connectivity index (χ2v) is 6.79. The van der Waals surface area contributed by atoms with Gasteiger partial charge in [-0.25, -0.2) is 10.2 Å². The molecule has 3 rings (SSSR count). The van der Waals surface area contributed by atoms with E-state index in [1.54, 1.807) is 42.5 Å². The van der Waals surface area contributed by atoms with Gasteiger partial charge in [-0.1, -0.05) is 30.3 Å². The maximum absolute atomic E-state index is 12.0. The number of nitrogens with one attached hydrogen (secondary N) is 1. The van der Waals surface area contributed by atoms with Crippen molar-refractivity contribution in [3.8, 4) is 11.5 Å². The molecule has 0 unspecified atom stereocenters. The normalized spacial score (nSPS) is 10.6. The first kappa shape index (κ1) is 19.3. The summed E-state index contributed by atoms with van der Waals surface area (Å²) in [6.45, 7) is 1.81. The highest BCUT2D eigenvalue weighted by Gasteiger charge is 2.09. The molecule has 1 amide bonds. The van der Waals surface area contributed by atoms with Crippen molar-refractivity contribution in [1.29, 1.82) is 0 Å². The Labute approximate surface area is 166 Å². The van der Waals surface area contributed by atoms with Gasteiger partial charge in [0.2, 0.25) is 0 Å². The van der Waals surface area contributed by atoms with Crippen LogP contribution in [-0.2, 0) is 4.79 Å². The van der Waals surface area contributed by atoms with E-state index in [1.807, 2.05) is 30.5 Å². The number of carbonyl (C=O) groups excluding carboxylic acids is 2. The number of amides is 1. The van der Waals surface area contributed by atoms with Crippen molar-refractivity contribution in [2.75, 3.05) is 6.61 Å². The molecule has 0 bridgehead atoms. The molecule has 2 aromatic carbocycles. The zero-order chi connectivity index (χ0) is 19.8. The van der Waals surface area contributed by atoms with Gasteiger partial charge in [-0.3, -0.25) is 4.79 Å². The number of rotatable bonds is 7. The number of hydrazone groups is 1. The molecule has 6 nitrogen and oxygen atoms in total. The molecule has 0 saturated carbocycles. The molecule has 0 aliphatic heterocycles. The topological polar surface area (TPSA) is 77.0 Å². The maximum Gasteiger partial charge on any atom is 0.353 e. The SMILES string of the molecule is Cc1cccc(OCC(=O)NN=Cc2cccc(OC(=O)c3cccs3)c2)c1. The van der Waals surface area contributed by atoms with Gasteiger partial charge in [-0.15, -0.1) is 11.3 Å². The fourth-order valence-corrected chi connectivity index (χ4v) is 2.87. The van der Waals surface area contributed by atoms with E-state index in [0.717, 1.165) is 5.56 Å². The van der Waals surface area contributed by atoms with E-state index in [9.17, 15) is 9.59 Å². The number of aryl methyl sites for hydroxylation is 1. The molecule has 0 atom stereocenters. The van der Waals surface area contributed by atoms with Gasteiger partial charge >= 0.3 is 5.97 Å². The summed E-state index contributed by atoms with van der Waals surface area (Å²) in [6, 6.07) is 17.8. The Morgan fingerprint density at radius 2 is 1.89 bits per heavy atom. The molecule has 1 aromatic heterocycles. The highest BCUT2D eigenvalue weighted by Crippen LogP contribution is 2.16. The number of hydrogen-bond donors (Lipinski definition) is 1. The summed E-state index contributed by atoms with van der Waals surface area (Å²) in [6.07, 6.45) is 1.47. The molecule has 0 aliphatic rings. The number of hydrogen-bond acceptors (Lipinski definition) is 6. The summed E-state index contributed by atoms with van der Waals surface area (Å²) in [5.74, 6) is 0.236. The van der Waals surface area contributed by atoms with Crippen LogP contribution < -0.4 is 14.9 Å². The van der Waals surface area contributed by atoms with Crippen molar-refractivity contribution < 1.29 is 19.1 Å². The Morgan fingerprint density at radius 1 is 1.07 bits per heavy atom. The van der Waals surface area contributed by atoms with Crippen molar-refractivity contribution in [3.63, 3.8) is 0 Å². The molecule has 142 valence electrons. The number of ether oxygens (including phenoxy) is 2. The first-order chi connectivity index (χ1) is 13.6. The number of thiophene rings is 1. The molecule has 28 heavy (non-hydrogen) atoms. The lowest BCUT2D eigenvalue weighted by Crippen LogP contribution is -2.24. The third kappa shape index (κ3) is 5.78.